The van der Waals surface area contributed by atoms with Gasteiger partial charge < -0.3 is 14.8 Å². The molecule has 1 amide bonds. The fraction of sp³-hybridized carbons (Fsp3) is 0.364. The summed E-state index contributed by atoms with van der Waals surface area (Å²) in [6, 6.07) is 10.3. The Hall–Kier alpha value is -3.51. The van der Waals surface area contributed by atoms with Crippen LogP contribution in [-0.4, -0.2) is 43.9 Å². The topological polar surface area (TPSA) is 154 Å². The summed E-state index contributed by atoms with van der Waals surface area (Å²) in [4.78, 5) is 34.6. The van der Waals surface area contributed by atoms with Crippen LogP contribution in [0, 0.1) is 10.1 Å². The van der Waals surface area contributed by atoms with E-state index in [1.54, 1.807) is 51.1 Å². The predicted octanol–water partition coefficient (Wildman–Crippen LogP) is 2.30. The van der Waals surface area contributed by atoms with Crippen LogP contribution in [0.15, 0.2) is 53.4 Å². The van der Waals surface area contributed by atoms with E-state index in [0.717, 1.165) is 18.2 Å². The number of benzene rings is 2. The summed E-state index contributed by atoms with van der Waals surface area (Å²) in [6.07, 6.45) is -0.516. The molecule has 0 fully saturated rings. The van der Waals surface area contributed by atoms with E-state index in [2.05, 4.69) is 10.0 Å². The molecule has 0 spiro atoms. The van der Waals surface area contributed by atoms with Crippen LogP contribution in [0.3, 0.4) is 0 Å². The first kappa shape index (κ1) is 26.7. The van der Waals surface area contributed by atoms with Gasteiger partial charge in [0.15, 0.2) is 0 Å². The molecule has 0 aliphatic carbocycles. The van der Waals surface area contributed by atoms with Crippen molar-refractivity contribution in [3.8, 4) is 5.75 Å². The Kier molecular flexibility index (Phi) is 8.71. The van der Waals surface area contributed by atoms with E-state index in [0.29, 0.717) is 5.56 Å². The number of nitro benzene ring substituents is 1. The van der Waals surface area contributed by atoms with E-state index >= 15 is 0 Å². The summed E-state index contributed by atoms with van der Waals surface area (Å²) < 4.78 is 39.4. The molecule has 2 aromatic carbocycles. The number of carbonyl (C=O) groups is 2. The van der Waals surface area contributed by atoms with Gasteiger partial charge in [-0.25, -0.2) is 8.42 Å². The highest BCUT2D eigenvalue weighted by Gasteiger charge is 2.33. The van der Waals surface area contributed by atoms with Gasteiger partial charge in [0, 0.05) is 13.1 Å². The van der Waals surface area contributed by atoms with E-state index < -0.39 is 49.8 Å². The maximum absolute atomic E-state index is 13.2. The number of rotatable bonds is 10. The van der Waals surface area contributed by atoms with Crippen molar-refractivity contribution in [2.45, 2.75) is 50.3 Å². The minimum atomic E-state index is -4.47. The van der Waals surface area contributed by atoms with Crippen molar-refractivity contribution in [2.24, 2.45) is 0 Å². The standard InChI is InChI=1S/C22H27N3O8S/c1-22(2,3)33-21(27)17(13-20(26)23-4)24-34(30,31)19-11-10-16(25(28)29)12-18(19)32-14-15-8-6-5-7-9-15/h5-12,17,24H,13-14H2,1-4H3,(H,23,26). The molecule has 184 valence electrons. The SMILES string of the molecule is CNC(=O)CC(NS(=O)(=O)c1ccc([N+](=O)[O-])cc1OCc1ccccc1)C(=O)OC(C)(C)C. The van der Waals surface area contributed by atoms with Gasteiger partial charge in [-0.3, -0.25) is 19.7 Å². The molecule has 2 N–H and O–H groups in total. The third kappa shape index (κ3) is 7.81. The number of hydrogen-bond donors (Lipinski definition) is 2. The van der Waals surface area contributed by atoms with Crippen LogP contribution in [0.25, 0.3) is 0 Å². The molecule has 34 heavy (non-hydrogen) atoms. The monoisotopic (exact) mass is 493 g/mol. The van der Waals surface area contributed by atoms with E-state index in [-0.39, 0.29) is 18.0 Å². The molecule has 2 rings (SSSR count). The highest BCUT2D eigenvalue weighted by Crippen LogP contribution is 2.30. The fourth-order valence-electron chi connectivity index (χ4n) is 2.76. The van der Waals surface area contributed by atoms with Gasteiger partial charge in [0.1, 0.15) is 28.9 Å². The third-order valence-electron chi connectivity index (χ3n) is 4.32. The van der Waals surface area contributed by atoms with Gasteiger partial charge in [-0.15, -0.1) is 0 Å². The minimum absolute atomic E-state index is 0.0573. The largest absolute Gasteiger partial charge is 0.487 e. The molecule has 12 heteroatoms. The van der Waals surface area contributed by atoms with Crippen LogP contribution in [0.5, 0.6) is 5.75 Å². The maximum Gasteiger partial charge on any atom is 0.325 e. The van der Waals surface area contributed by atoms with Gasteiger partial charge >= 0.3 is 5.97 Å². The Bertz CT molecular complexity index is 1140. The second-order valence-electron chi connectivity index (χ2n) is 8.25. The number of amides is 1. The number of hydrogen-bond acceptors (Lipinski definition) is 8. The summed E-state index contributed by atoms with van der Waals surface area (Å²) in [6.45, 7) is 4.74. The molecule has 2 aromatic rings. The van der Waals surface area contributed by atoms with Crippen LogP contribution in [0.4, 0.5) is 5.69 Å². The summed E-state index contributed by atoms with van der Waals surface area (Å²) in [7, 11) is -3.13. The maximum atomic E-state index is 13.2. The van der Waals surface area contributed by atoms with Gasteiger partial charge in [0.05, 0.1) is 17.4 Å². The fourth-order valence-corrected chi connectivity index (χ4v) is 4.08. The first-order valence-corrected chi connectivity index (χ1v) is 11.7. The zero-order valence-electron chi connectivity index (χ0n) is 19.2. The molecule has 1 atom stereocenters. The molecule has 0 heterocycles. The molecule has 11 nitrogen and oxygen atoms in total. The summed E-state index contributed by atoms with van der Waals surface area (Å²) in [5, 5.41) is 13.5. The number of nitrogens with zero attached hydrogens (tertiary/aromatic N) is 1. The number of sulfonamides is 1. The molecule has 0 radical (unpaired) electrons. The lowest BCUT2D eigenvalue weighted by Gasteiger charge is -2.24. The quantitative estimate of drug-likeness (QED) is 0.290. The number of nitro groups is 1. The van der Waals surface area contributed by atoms with Gasteiger partial charge in [-0.05, 0) is 32.4 Å². The van der Waals surface area contributed by atoms with Crippen molar-refractivity contribution >= 4 is 27.6 Å². The lowest BCUT2D eigenvalue weighted by atomic mass is 10.1. The first-order valence-electron chi connectivity index (χ1n) is 10.2. The molecule has 0 bridgehead atoms. The van der Waals surface area contributed by atoms with Crippen molar-refractivity contribution in [3.63, 3.8) is 0 Å². The third-order valence-corrected chi connectivity index (χ3v) is 5.83. The van der Waals surface area contributed by atoms with Crippen molar-refractivity contribution in [3.05, 3.63) is 64.2 Å². The van der Waals surface area contributed by atoms with Gasteiger partial charge in [-0.2, -0.15) is 4.72 Å². The lowest BCUT2D eigenvalue weighted by Crippen LogP contribution is -2.46. The van der Waals surface area contributed by atoms with Crippen molar-refractivity contribution in [1.82, 2.24) is 10.0 Å². The number of esters is 1. The summed E-state index contributed by atoms with van der Waals surface area (Å²) in [5.41, 5.74) is -0.603. The van der Waals surface area contributed by atoms with Crippen LogP contribution in [-0.2, 0) is 31.0 Å². The normalized spacial score (nSPS) is 12.5. The lowest BCUT2D eigenvalue weighted by molar-refractivity contribution is -0.385. The molecular formula is C22H27N3O8S. The summed E-state index contributed by atoms with van der Waals surface area (Å²) >= 11 is 0. The molecule has 0 aromatic heterocycles. The van der Waals surface area contributed by atoms with Crippen LogP contribution in [0.1, 0.15) is 32.8 Å². The van der Waals surface area contributed by atoms with Gasteiger partial charge in [0.25, 0.3) is 5.69 Å². The summed E-state index contributed by atoms with van der Waals surface area (Å²) in [5.74, 6) is -1.83. The van der Waals surface area contributed by atoms with Crippen LogP contribution >= 0.6 is 0 Å². The number of ether oxygens (including phenoxy) is 2. The number of carbonyl (C=O) groups excluding carboxylic acids is 2. The molecule has 0 aliphatic rings. The van der Waals surface area contributed by atoms with Gasteiger partial charge in [0.2, 0.25) is 15.9 Å². The molecule has 0 saturated carbocycles. The second-order valence-corrected chi connectivity index (χ2v) is 9.93. The highest BCUT2D eigenvalue weighted by atomic mass is 32.2. The second kappa shape index (κ2) is 11.1. The zero-order chi connectivity index (χ0) is 25.5. The Morgan fingerprint density at radius 3 is 2.32 bits per heavy atom. The van der Waals surface area contributed by atoms with E-state index in [9.17, 15) is 28.1 Å². The molecule has 1 unspecified atom stereocenters. The predicted molar refractivity (Wildman–Crippen MR) is 123 cm³/mol. The zero-order valence-corrected chi connectivity index (χ0v) is 20.0. The van der Waals surface area contributed by atoms with Crippen molar-refractivity contribution in [1.29, 1.82) is 0 Å². The van der Waals surface area contributed by atoms with Crippen LogP contribution in [0.2, 0.25) is 0 Å². The average molecular weight is 494 g/mol. The Morgan fingerprint density at radius 2 is 1.76 bits per heavy atom. The molecule has 0 saturated heterocycles. The first-order chi connectivity index (χ1) is 15.8. The molecule has 0 aliphatic heterocycles. The van der Waals surface area contributed by atoms with E-state index in [1.807, 2.05) is 0 Å². The van der Waals surface area contributed by atoms with Gasteiger partial charge in [-0.1, -0.05) is 30.3 Å². The van der Waals surface area contributed by atoms with E-state index in [4.69, 9.17) is 9.47 Å². The Labute approximate surface area is 197 Å². The van der Waals surface area contributed by atoms with E-state index in [1.165, 1.54) is 7.05 Å². The Morgan fingerprint density at radius 1 is 1.12 bits per heavy atom. The van der Waals surface area contributed by atoms with Crippen molar-refractivity contribution < 1.29 is 32.4 Å². The highest BCUT2D eigenvalue weighted by molar-refractivity contribution is 7.89. The minimum Gasteiger partial charge on any atom is -0.487 e. The Balaban J connectivity index is 2.41. The number of non-ortho nitro benzene ring substituents is 1. The smallest absolute Gasteiger partial charge is 0.325 e. The number of nitrogens with one attached hydrogen (secondary N) is 2. The van der Waals surface area contributed by atoms with Crippen molar-refractivity contribution in [2.75, 3.05) is 7.05 Å². The van der Waals surface area contributed by atoms with Crippen LogP contribution < -0.4 is 14.8 Å². The molecular weight excluding hydrogens is 466 g/mol. The average Bonchev–Trinajstić information content (AvgIpc) is 2.76.